The summed E-state index contributed by atoms with van der Waals surface area (Å²) in [6.07, 6.45) is 4.23. The standard InChI is InChI=1S/C19H26N4O2/c24-17-4-9-23(18(25)21-17)16-3-1-2-15(12-16)13-22-10-6-19(7-11-22)5-8-20-14-19/h1-3,12,20H,4-11,13-14H2,(H,21,24,25). The topological polar surface area (TPSA) is 64.7 Å². The molecule has 134 valence electrons. The highest BCUT2D eigenvalue weighted by Gasteiger charge is 2.36. The Bertz CT molecular complexity index is 659. The quantitative estimate of drug-likeness (QED) is 0.878. The fraction of sp³-hybridized carbons (Fsp3) is 0.579. The van der Waals surface area contributed by atoms with Gasteiger partial charge in [-0.3, -0.25) is 19.9 Å². The Labute approximate surface area is 148 Å². The second-order valence-corrected chi connectivity index (χ2v) is 7.63. The van der Waals surface area contributed by atoms with Gasteiger partial charge in [-0.2, -0.15) is 0 Å². The maximum atomic E-state index is 12.0. The molecule has 2 N–H and O–H groups in total. The van der Waals surface area contributed by atoms with Crippen LogP contribution < -0.4 is 15.5 Å². The summed E-state index contributed by atoms with van der Waals surface area (Å²) in [5, 5.41) is 5.90. The van der Waals surface area contributed by atoms with Crippen molar-refractivity contribution in [1.82, 2.24) is 15.5 Å². The van der Waals surface area contributed by atoms with E-state index in [2.05, 4.69) is 27.7 Å². The first-order valence-electron chi connectivity index (χ1n) is 9.27. The van der Waals surface area contributed by atoms with Gasteiger partial charge in [0.15, 0.2) is 0 Å². The van der Waals surface area contributed by atoms with Crippen LogP contribution in [-0.2, 0) is 11.3 Å². The number of urea groups is 1. The van der Waals surface area contributed by atoms with Gasteiger partial charge in [0.25, 0.3) is 0 Å². The lowest BCUT2D eigenvalue weighted by Crippen LogP contribution is -2.49. The minimum Gasteiger partial charge on any atom is -0.316 e. The van der Waals surface area contributed by atoms with Gasteiger partial charge in [0.1, 0.15) is 0 Å². The van der Waals surface area contributed by atoms with Crippen LogP contribution in [0.2, 0.25) is 0 Å². The lowest BCUT2D eigenvalue weighted by molar-refractivity contribution is -0.120. The molecular formula is C19H26N4O2. The van der Waals surface area contributed by atoms with E-state index in [9.17, 15) is 9.59 Å². The number of rotatable bonds is 3. The first-order chi connectivity index (χ1) is 12.1. The normalized spacial score (nSPS) is 23.9. The summed E-state index contributed by atoms with van der Waals surface area (Å²) in [6, 6.07) is 7.83. The molecule has 0 bridgehead atoms. The summed E-state index contributed by atoms with van der Waals surface area (Å²) in [4.78, 5) is 27.5. The van der Waals surface area contributed by atoms with E-state index in [1.807, 2.05) is 12.1 Å². The van der Waals surface area contributed by atoms with Crippen LogP contribution in [0.3, 0.4) is 0 Å². The molecule has 3 aliphatic heterocycles. The monoisotopic (exact) mass is 342 g/mol. The van der Waals surface area contributed by atoms with E-state index in [4.69, 9.17) is 0 Å². The fourth-order valence-electron chi connectivity index (χ4n) is 4.30. The highest BCUT2D eigenvalue weighted by molar-refractivity contribution is 6.05. The Morgan fingerprint density at radius 1 is 1.08 bits per heavy atom. The molecular weight excluding hydrogens is 316 g/mol. The fourth-order valence-corrected chi connectivity index (χ4v) is 4.30. The maximum Gasteiger partial charge on any atom is 0.328 e. The van der Waals surface area contributed by atoms with Gasteiger partial charge in [-0.1, -0.05) is 12.1 Å². The molecule has 1 aromatic carbocycles. The smallest absolute Gasteiger partial charge is 0.316 e. The summed E-state index contributed by atoms with van der Waals surface area (Å²) >= 11 is 0. The van der Waals surface area contributed by atoms with Crippen LogP contribution in [0.4, 0.5) is 10.5 Å². The average Bonchev–Trinajstić information content (AvgIpc) is 3.06. The van der Waals surface area contributed by atoms with Gasteiger partial charge in [-0.25, -0.2) is 4.79 Å². The van der Waals surface area contributed by atoms with Crippen molar-refractivity contribution < 1.29 is 9.59 Å². The van der Waals surface area contributed by atoms with Gasteiger partial charge in [-0.15, -0.1) is 0 Å². The van der Waals surface area contributed by atoms with E-state index in [0.717, 1.165) is 25.3 Å². The van der Waals surface area contributed by atoms with Crippen LogP contribution in [0.5, 0.6) is 0 Å². The van der Waals surface area contributed by atoms with Crippen LogP contribution in [0.15, 0.2) is 24.3 Å². The number of likely N-dealkylation sites (tertiary alicyclic amines) is 1. The maximum absolute atomic E-state index is 12.0. The van der Waals surface area contributed by atoms with Crippen LogP contribution in [-0.4, -0.2) is 49.6 Å². The van der Waals surface area contributed by atoms with Crippen LogP contribution in [0, 0.1) is 5.41 Å². The predicted octanol–water partition coefficient (Wildman–Crippen LogP) is 1.71. The van der Waals surface area contributed by atoms with Crippen LogP contribution in [0.25, 0.3) is 0 Å². The van der Waals surface area contributed by atoms with Crippen molar-refractivity contribution in [2.75, 3.05) is 37.6 Å². The molecule has 6 heteroatoms. The zero-order chi connectivity index (χ0) is 17.3. The van der Waals surface area contributed by atoms with Crippen molar-refractivity contribution in [2.24, 2.45) is 5.41 Å². The molecule has 4 rings (SSSR count). The number of imide groups is 1. The van der Waals surface area contributed by atoms with Crippen molar-refractivity contribution in [3.63, 3.8) is 0 Å². The van der Waals surface area contributed by atoms with Crippen molar-refractivity contribution in [2.45, 2.75) is 32.2 Å². The second kappa shape index (κ2) is 6.77. The molecule has 3 saturated heterocycles. The summed E-state index contributed by atoms with van der Waals surface area (Å²) in [6.45, 7) is 6.01. The van der Waals surface area contributed by atoms with Crippen molar-refractivity contribution in [3.05, 3.63) is 29.8 Å². The number of benzene rings is 1. The number of piperidine rings is 1. The van der Waals surface area contributed by atoms with Gasteiger partial charge in [0, 0.05) is 31.7 Å². The molecule has 1 aromatic rings. The van der Waals surface area contributed by atoms with Crippen molar-refractivity contribution >= 4 is 17.6 Å². The van der Waals surface area contributed by atoms with E-state index >= 15 is 0 Å². The lowest BCUT2D eigenvalue weighted by atomic mass is 9.78. The van der Waals surface area contributed by atoms with E-state index in [0.29, 0.717) is 18.4 Å². The minimum absolute atomic E-state index is 0.193. The third-order valence-corrected chi connectivity index (χ3v) is 5.93. The van der Waals surface area contributed by atoms with Gasteiger partial charge in [0.05, 0.1) is 0 Å². The summed E-state index contributed by atoms with van der Waals surface area (Å²) in [5.41, 5.74) is 2.63. The van der Waals surface area contributed by atoms with Gasteiger partial charge in [-0.05, 0) is 62.0 Å². The number of carbonyl (C=O) groups excluding carboxylic acids is 2. The molecule has 0 aromatic heterocycles. The second-order valence-electron chi connectivity index (χ2n) is 7.63. The molecule has 0 aliphatic carbocycles. The summed E-state index contributed by atoms with van der Waals surface area (Å²) < 4.78 is 0. The highest BCUT2D eigenvalue weighted by atomic mass is 16.2. The number of amides is 3. The molecule has 6 nitrogen and oxygen atoms in total. The molecule has 1 spiro atoms. The molecule has 3 amide bonds. The van der Waals surface area contributed by atoms with Gasteiger partial charge in [0.2, 0.25) is 5.91 Å². The first-order valence-corrected chi connectivity index (χ1v) is 9.27. The van der Waals surface area contributed by atoms with Gasteiger partial charge >= 0.3 is 6.03 Å². The van der Waals surface area contributed by atoms with Crippen molar-refractivity contribution in [3.8, 4) is 0 Å². The van der Waals surface area contributed by atoms with Gasteiger partial charge < -0.3 is 5.32 Å². The molecule has 3 heterocycles. The van der Waals surface area contributed by atoms with E-state index in [1.54, 1.807) is 4.90 Å². The Balaban J connectivity index is 1.39. The first kappa shape index (κ1) is 16.5. The molecule has 3 aliphatic rings. The zero-order valence-corrected chi connectivity index (χ0v) is 14.6. The number of carbonyl (C=O) groups is 2. The number of anilines is 1. The zero-order valence-electron chi connectivity index (χ0n) is 14.6. The van der Waals surface area contributed by atoms with E-state index in [-0.39, 0.29) is 11.9 Å². The predicted molar refractivity (Wildman–Crippen MR) is 96.4 cm³/mol. The Kier molecular flexibility index (Phi) is 4.48. The highest BCUT2D eigenvalue weighted by Crippen LogP contribution is 2.37. The number of hydrogen-bond acceptors (Lipinski definition) is 4. The largest absolute Gasteiger partial charge is 0.328 e. The molecule has 0 radical (unpaired) electrons. The SMILES string of the molecule is O=C1CCN(c2cccc(CN3CCC4(CCNC4)CC3)c2)C(=O)N1. The summed E-state index contributed by atoms with van der Waals surface area (Å²) in [7, 11) is 0. The van der Waals surface area contributed by atoms with Crippen LogP contribution in [0.1, 0.15) is 31.2 Å². The molecule has 25 heavy (non-hydrogen) atoms. The van der Waals surface area contributed by atoms with E-state index in [1.165, 1.54) is 37.9 Å². The minimum atomic E-state index is -0.318. The van der Waals surface area contributed by atoms with Crippen LogP contribution >= 0.6 is 0 Å². The number of hydrogen-bond donors (Lipinski definition) is 2. The average molecular weight is 342 g/mol. The third kappa shape index (κ3) is 3.55. The Morgan fingerprint density at radius 3 is 2.64 bits per heavy atom. The Morgan fingerprint density at radius 2 is 1.92 bits per heavy atom. The molecule has 0 atom stereocenters. The third-order valence-electron chi connectivity index (χ3n) is 5.93. The molecule has 0 unspecified atom stereocenters. The lowest BCUT2D eigenvalue weighted by Gasteiger charge is -2.39. The summed E-state index contributed by atoms with van der Waals surface area (Å²) in [5.74, 6) is -0.193. The Hall–Kier alpha value is -1.92. The van der Waals surface area contributed by atoms with Crippen molar-refractivity contribution in [1.29, 1.82) is 0 Å². The van der Waals surface area contributed by atoms with E-state index < -0.39 is 0 Å². The number of nitrogens with zero attached hydrogens (tertiary/aromatic N) is 2. The molecule has 0 saturated carbocycles. The molecule has 3 fully saturated rings. The number of nitrogens with one attached hydrogen (secondary N) is 2.